The summed E-state index contributed by atoms with van der Waals surface area (Å²) in [6.07, 6.45) is 4.32. The lowest BCUT2D eigenvalue weighted by Gasteiger charge is -2.35. The fourth-order valence-electron chi connectivity index (χ4n) is 5.00. The minimum atomic E-state index is 0.250. The number of fused-ring (bicyclic) bond motifs is 2. The largest absolute Gasteiger partial charge is 0.377 e. The van der Waals surface area contributed by atoms with Gasteiger partial charge < -0.3 is 19.9 Å². The van der Waals surface area contributed by atoms with Crippen LogP contribution in [0.3, 0.4) is 0 Å². The highest BCUT2D eigenvalue weighted by Gasteiger charge is 2.25. The molecule has 2 fully saturated rings. The first-order valence-electron chi connectivity index (χ1n) is 11.6. The van der Waals surface area contributed by atoms with Gasteiger partial charge in [0.15, 0.2) is 11.5 Å². The predicted molar refractivity (Wildman–Crippen MR) is 127 cm³/mol. The van der Waals surface area contributed by atoms with E-state index in [0.717, 1.165) is 64.5 Å². The minimum absolute atomic E-state index is 0.250. The first kappa shape index (κ1) is 19.6. The Morgan fingerprint density at radius 1 is 1.06 bits per heavy atom. The second-order valence-corrected chi connectivity index (χ2v) is 8.88. The molecule has 32 heavy (non-hydrogen) atoms. The van der Waals surface area contributed by atoms with Crippen molar-refractivity contribution in [1.29, 1.82) is 0 Å². The second-order valence-electron chi connectivity index (χ2n) is 8.88. The average Bonchev–Trinajstić information content (AvgIpc) is 3.33. The summed E-state index contributed by atoms with van der Waals surface area (Å²) in [5.41, 5.74) is 4.01. The molecule has 2 saturated heterocycles. The van der Waals surface area contributed by atoms with Gasteiger partial charge in [0, 0.05) is 47.4 Å². The molecule has 7 nitrogen and oxygen atoms in total. The number of piperidine rings is 1. The van der Waals surface area contributed by atoms with Crippen molar-refractivity contribution in [2.45, 2.75) is 31.7 Å². The molecule has 1 aromatic carbocycles. The van der Waals surface area contributed by atoms with E-state index in [9.17, 15) is 0 Å². The molecule has 7 heteroatoms. The van der Waals surface area contributed by atoms with E-state index in [0.29, 0.717) is 19.1 Å². The number of aromatic nitrogens is 4. The summed E-state index contributed by atoms with van der Waals surface area (Å²) in [6.45, 7) is 6.48. The van der Waals surface area contributed by atoms with Crippen molar-refractivity contribution in [3.63, 3.8) is 0 Å². The number of hydrogen-bond acceptors (Lipinski definition) is 6. The summed E-state index contributed by atoms with van der Waals surface area (Å²) in [6, 6.07) is 12.9. The number of anilines is 1. The van der Waals surface area contributed by atoms with Crippen molar-refractivity contribution in [2.24, 2.45) is 0 Å². The van der Waals surface area contributed by atoms with Crippen LogP contribution in [0.15, 0.2) is 42.6 Å². The third kappa shape index (κ3) is 3.42. The van der Waals surface area contributed by atoms with Crippen LogP contribution in [0.2, 0.25) is 0 Å². The molecule has 164 valence electrons. The SMILES string of the molecule is C[C@@H]1COCCN1c1nc(-c2cccc3[nH]ccc23)nc2nc(C3CCCNC3)ccc12. The van der Waals surface area contributed by atoms with E-state index in [4.69, 9.17) is 19.7 Å². The van der Waals surface area contributed by atoms with Crippen molar-refractivity contribution >= 4 is 27.8 Å². The normalized spacial score (nSPS) is 22.0. The zero-order chi connectivity index (χ0) is 21.5. The molecule has 1 unspecified atom stereocenters. The molecule has 0 radical (unpaired) electrons. The van der Waals surface area contributed by atoms with E-state index >= 15 is 0 Å². The molecule has 0 saturated carbocycles. The highest BCUT2D eigenvalue weighted by atomic mass is 16.5. The molecule has 2 aliphatic rings. The number of hydrogen-bond donors (Lipinski definition) is 2. The number of nitrogens with zero attached hydrogens (tertiary/aromatic N) is 4. The number of aromatic amines is 1. The molecule has 4 aromatic rings. The molecule has 0 bridgehead atoms. The minimum Gasteiger partial charge on any atom is -0.377 e. The molecule has 0 amide bonds. The number of H-pyrrole nitrogens is 1. The summed E-state index contributed by atoms with van der Waals surface area (Å²) >= 11 is 0. The van der Waals surface area contributed by atoms with Gasteiger partial charge in [-0.15, -0.1) is 0 Å². The van der Waals surface area contributed by atoms with Crippen LogP contribution < -0.4 is 10.2 Å². The maximum atomic E-state index is 5.69. The van der Waals surface area contributed by atoms with Gasteiger partial charge in [0.05, 0.1) is 24.6 Å². The molecule has 2 atom stereocenters. The van der Waals surface area contributed by atoms with Gasteiger partial charge in [-0.3, -0.25) is 0 Å². The van der Waals surface area contributed by atoms with Gasteiger partial charge in [-0.1, -0.05) is 12.1 Å². The Labute approximate surface area is 187 Å². The van der Waals surface area contributed by atoms with Gasteiger partial charge in [0.25, 0.3) is 0 Å². The Kier molecular flexibility index (Phi) is 5.00. The number of rotatable bonds is 3. The van der Waals surface area contributed by atoms with E-state index in [2.05, 4.69) is 58.5 Å². The zero-order valence-electron chi connectivity index (χ0n) is 18.3. The fraction of sp³-hybridized carbons (Fsp3) is 0.400. The maximum absolute atomic E-state index is 5.69. The lowest BCUT2D eigenvalue weighted by Crippen LogP contribution is -2.44. The van der Waals surface area contributed by atoms with Gasteiger partial charge in [-0.05, 0) is 50.6 Å². The standard InChI is InChI=1S/C25H28N6O/c1-16-15-32-13-12-31(16)25-20-7-8-21(17-4-3-10-26-14-17)28-24(20)29-23(30-25)19-5-2-6-22-18(19)9-11-27-22/h2,5-9,11,16-17,26-27H,3-4,10,12-15H2,1H3/t16-,17?/m1/s1. The third-order valence-electron chi connectivity index (χ3n) is 6.75. The molecule has 5 heterocycles. The summed E-state index contributed by atoms with van der Waals surface area (Å²) in [7, 11) is 0. The quantitative estimate of drug-likeness (QED) is 0.516. The second kappa shape index (κ2) is 8.15. The molecule has 3 aromatic heterocycles. The lowest BCUT2D eigenvalue weighted by molar-refractivity contribution is 0.0987. The summed E-state index contributed by atoms with van der Waals surface area (Å²) in [4.78, 5) is 20.8. The van der Waals surface area contributed by atoms with E-state index < -0.39 is 0 Å². The molecular formula is C25H28N6O. The summed E-state index contributed by atoms with van der Waals surface area (Å²) in [5.74, 6) is 2.11. The zero-order valence-corrected chi connectivity index (χ0v) is 18.3. The van der Waals surface area contributed by atoms with Crippen LogP contribution in [0.25, 0.3) is 33.3 Å². The predicted octanol–water partition coefficient (Wildman–Crippen LogP) is 3.87. The smallest absolute Gasteiger partial charge is 0.165 e. The van der Waals surface area contributed by atoms with Crippen LogP contribution in [0.4, 0.5) is 5.82 Å². The van der Waals surface area contributed by atoms with Crippen LogP contribution in [0.1, 0.15) is 31.4 Å². The van der Waals surface area contributed by atoms with Crippen LogP contribution in [-0.2, 0) is 4.74 Å². The highest BCUT2D eigenvalue weighted by molar-refractivity contribution is 5.96. The van der Waals surface area contributed by atoms with E-state index in [1.165, 1.54) is 12.8 Å². The molecule has 2 aliphatic heterocycles. The van der Waals surface area contributed by atoms with Crippen molar-refractivity contribution in [3.05, 3.63) is 48.3 Å². The van der Waals surface area contributed by atoms with Crippen LogP contribution in [0, 0.1) is 0 Å². The summed E-state index contributed by atoms with van der Waals surface area (Å²) in [5, 5.41) is 5.64. The van der Waals surface area contributed by atoms with Crippen molar-refractivity contribution in [2.75, 3.05) is 37.7 Å². The van der Waals surface area contributed by atoms with Crippen LogP contribution in [0.5, 0.6) is 0 Å². The first-order valence-corrected chi connectivity index (χ1v) is 11.6. The van der Waals surface area contributed by atoms with Gasteiger partial charge in [0.1, 0.15) is 5.82 Å². The highest BCUT2D eigenvalue weighted by Crippen LogP contribution is 2.33. The van der Waals surface area contributed by atoms with Gasteiger partial charge in [-0.2, -0.15) is 0 Å². The number of nitrogens with one attached hydrogen (secondary N) is 2. The molecule has 0 spiro atoms. The number of morpholine rings is 1. The summed E-state index contributed by atoms with van der Waals surface area (Å²) < 4.78 is 5.69. The Morgan fingerprint density at radius 3 is 2.91 bits per heavy atom. The first-order chi connectivity index (χ1) is 15.8. The third-order valence-corrected chi connectivity index (χ3v) is 6.75. The number of benzene rings is 1. The van der Waals surface area contributed by atoms with Crippen molar-refractivity contribution in [1.82, 2.24) is 25.3 Å². The van der Waals surface area contributed by atoms with E-state index in [-0.39, 0.29) is 6.04 Å². The van der Waals surface area contributed by atoms with E-state index in [1.807, 2.05) is 6.20 Å². The van der Waals surface area contributed by atoms with Gasteiger partial charge >= 0.3 is 0 Å². The average molecular weight is 429 g/mol. The van der Waals surface area contributed by atoms with Gasteiger partial charge in [0.2, 0.25) is 0 Å². The molecular weight excluding hydrogens is 400 g/mol. The number of pyridine rings is 1. The van der Waals surface area contributed by atoms with Crippen molar-refractivity contribution in [3.8, 4) is 11.4 Å². The lowest BCUT2D eigenvalue weighted by atomic mass is 9.95. The Hall–Kier alpha value is -3.03. The number of ether oxygens (including phenoxy) is 1. The van der Waals surface area contributed by atoms with E-state index in [1.54, 1.807) is 0 Å². The Morgan fingerprint density at radius 2 is 2.03 bits per heavy atom. The Bertz CT molecular complexity index is 1260. The topological polar surface area (TPSA) is 79.0 Å². The van der Waals surface area contributed by atoms with Gasteiger partial charge in [-0.25, -0.2) is 15.0 Å². The monoisotopic (exact) mass is 428 g/mol. The fourth-order valence-corrected chi connectivity index (χ4v) is 5.00. The molecule has 6 rings (SSSR count). The maximum Gasteiger partial charge on any atom is 0.165 e. The Balaban J connectivity index is 1.54. The van der Waals surface area contributed by atoms with Crippen LogP contribution in [-0.4, -0.2) is 58.8 Å². The molecule has 0 aliphatic carbocycles. The van der Waals surface area contributed by atoms with Crippen LogP contribution >= 0.6 is 0 Å². The van der Waals surface area contributed by atoms with Crippen molar-refractivity contribution < 1.29 is 4.74 Å². The molecule has 2 N–H and O–H groups in total.